The maximum Gasteiger partial charge on any atom is 0.200 e. The highest BCUT2D eigenvalue weighted by molar-refractivity contribution is 5.34. The molecule has 0 radical (unpaired) electrons. The quantitative estimate of drug-likeness (QED) is 0.493. The summed E-state index contributed by atoms with van der Waals surface area (Å²) in [6, 6.07) is 4.90. The van der Waals surface area contributed by atoms with Gasteiger partial charge < -0.3 is 4.74 Å². The van der Waals surface area contributed by atoms with Gasteiger partial charge in [0, 0.05) is 5.48 Å². The van der Waals surface area contributed by atoms with Crippen molar-refractivity contribution in [3.8, 4) is 5.75 Å². The lowest BCUT2D eigenvalue weighted by molar-refractivity contribution is 0.280. The first-order chi connectivity index (χ1) is 14.4. The van der Waals surface area contributed by atoms with Crippen molar-refractivity contribution in [2.75, 3.05) is 0 Å². The van der Waals surface area contributed by atoms with Crippen molar-refractivity contribution in [1.29, 1.82) is 0 Å². The Balaban J connectivity index is 1.91. The fourth-order valence-corrected chi connectivity index (χ4v) is 3.21. The molecule has 2 aromatic carbocycles. The van der Waals surface area contributed by atoms with Gasteiger partial charge in [-0.3, -0.25) is 0 Å². The van der Waals surface area contributed by atoms with E-state index in [1.165, 1.54) is 6.07 Å². The SMILES string of the molecule is [2H]C1([2H])CC(CCC)CC([2H])([2H])C1c1cc(F)c(F)c(OCc2ccc(F)c(F)c2)c1. The van der Waals surface area contributed by atoms with Gasteiger partial charge in [-0.25, -0.2) is 13.2 Å². The third kappa shape index (κ3) is 4.82. The minimum atomic E-state index is -1.97. The van der Waals surface area contributed by atoms with Crippen LogP contribution in [0.5, 0.6) is 5.75 Å². The number of rotatable bonds is 6. The van der Waals surface area contributed by atoms with Crippen molar-refractivity contribution >= 4 is 0 Å². The number of benzene rings is 2. The van der Waals surface area contributed by atoms with Crippen LogP contribution in [0.25, 0.3) is 0 Å². The van der Waals surface area contributed by atoms with Crippen LogP contribution in [0.15, 0.2) is 30.3 Å². The van der Waals surface area contributed by atoms with Crippen LogP contribution in [0.2, 0.25) is 0 Å². The minimum Gasteiger partial charge on any atom is -0.486 e. The molecule has 0 amide bonds. The first-order valence-electron chi connectivity index (χ1n) is 11.0. The smallest absolute Gasteiger partial charge is 0.200 e. The lowest BCUT2D eigenvalue weighted by Crippen LogP contribution is -2.14. The highest BCUT2D eigenvalue weighted by Gasteiger charge is 2.24. The molecule has 0 unspecified atom stereocenters. The third-order valence-electron chi connectivity index (χ3n) is 4.65. The van der Waals surface area contributed by atoms with Crippen LogP contribution in [0.3, 0.4) is 0 Å². The Morgan fingerprint density at radius 3 is 2.41 bits per heavy atom. The number of hydrogen-bond donors (Lipinski definition) is 0. The fourth-order valence-electron chi connectivity index (χ4n) is 3.21. The van der Waals surface area contributed by atoms with E-state index in [1.54, 1.807) is 0 Å². The standard InChI is InChI=1S/C22H24F4O/c1-2-3-14-4-7-16(8-5-14)17-11-20(25)22(26)21(12-17)27-13-15-6-9-18(23)19(24)10-15/h6,9-12,14,16H,2-5,7-8,13H2,1H3/i7D2,8D2. The predicted molar refractivity (Wildman–Crippen MR) is 96.7 cm³/mol. The maximum atomic E-state index is 14.3. The molecule has 1 fully saturated rings. The van der Waals surface area contributed by atoms with Crippen LogP contribution in [-0.2, 0) is 6.61 Å². The van der Waals surface area contributed by atoms with Gasteiger partial charge >= 0.3 is 0 Å². The molecule has 0 saturated heterocycles. The number of halogens is 4. The van der Waals surface area contributed by atoms with Gasteiger partial charge in [0.2, 0.25) is 5.82 Å². The normalized spacial score (nSPS) is 25.8. The average molecular weight is 384 g/mol. The van der Waals surface area contributed by atoms with E-state index in [9.17, 15) is 17.6 Å². The second kappa shape index (κ2) is 8.77. The zero-order valence-corrected chi connectivity index (χ0v) is 15.0. The van der Waals surface area contributed by atoms with Crippen molar-refractivity contribution < 1.29 is 27.8 Å². The topological polar surface area (TPSA) is 9.23 Å². The first kappa shape index (κ1) is 14.9. The van der Waals surface area contributed by atoms with Crippen LogP contribution in [0.1, 0.15) is 67.9 Å². The molecule has 1 nitrogen and oxygen atoms in total. The molecule has 0 N–H and O–H groups in total. The molecule has 0 spiro atoms. The third-order valence-corrected chi connectivity index (χ3v) is 4.65. The van der Waals surface area contributed by atoms with E-state index in [0.717, 1.165) is 30.7 Å². The monoisotopic (exact) mass is 384 g/mol. The van der Waals surface area contributed by atoms with Gasteiger partial charge in [0.05, 0.1) is 0 Å². The van der Waals surface area contributed by atoms with E-state index in [1.807, 2.05) is 6.92 Å². The molecule has 27 heavy (non-hydrogen) atoms. The van der Waals surface area contributed by atoms with E-state index >= 15 is 0 Å². The molecule has 0 heterocycles. The van der Waals surface area contributed by atoms with Gasteiger partial charge in [0.15, 0.2) is 23.2 Å². The summed E-state index contributed by atoms with van der Waals surface area (Å²) in [4.78, 5) is 0. The van der Waals surface area contributed by atoms with E-state index < -0.39 is 47.7 Å². The number of ether oxygens (including phenoxy) is 1. The van der Waals surface area contributed by atoms with E-state index in [-0.39, 0.29) is 36.5 Å². The molecule has 1 saturated carbocycles. The zero-order chi connectivity index (χ0) is 23.0. The second-order valence-corrected chi connectivity index (χ2v) is 6.76. The summed E-state index contributed by atoms with van der Waals surface area (Å²) in [5.41, 5.74) is 0.152. The summed E-state index contributed by atoms with van der Waals surface area (Å²) >= 11 is 0. The second-order valence-electron chi connectivity index (χ2n) is 6.76. The van der Waals surface area contributed by atoms with Crippen LogP contribution in [-0.4, -0.2) is 0 Å². The lowest BCUT2D eigenvalue weighted by Gasteiger charge is -2.29. The Labute approximate surface area is 163 Å². The van der Waals surface area contributed by atoms with E-state index in [0.29, 0.717) is 6.42 Å². The summed E-state index contributed by atoms with van der Waals surface area (Å²) in [6.07, 6.45) is -2.21. The summed E-state index contributed by atoms with van der Waals surface area (Å²) in [6.45, 7) is 1.57. The average Bonchev–Trinajstić information content (AvgIpc) is 2.64. The molecule has 0 bridgehead atoms. The lowest BCUT2D eigenvalue weighted by atomic mass is 9.77. The molecule has 0 aromatic heterocycles. The van der Waals surface area contributed by atoms with Crippen LogP contribution in [0.4, 0.5) is 17.6 Å². The Morgan fingerprint density at radius 1 is 1.00 bits per heavy atom. The van der Waals surface area contributed by atoms with Gasteiger partial charge in [0.1, 0.15) is 6.61 Å². The molecule has 1 aliphatic rings. The number of hydrogen-bond acceptors (Lipinski definition) is 1. The molecule has 2 aromatic rings. The van der Waals surface area contributed by atoms with Gasteiger partial charge in [-0.15, -0.1) is 0 Å². The Hall–Kier alpha value is -2.04. The van der Waals surface area contributed by atoms with Crippen molar-refractivity contribution in [3.63, 3.8) is 0 Å². The van der Waals surface area contributed by atoms with Crippen molar-refractivity contribution in [1.82, 2.24) is 0 Å². The highest BCUT2D eigenvalue weighted by Crippen LogP contribution is 2.39. The highest BCUT2D eigenvalue weighted by atomic mass is 19.2. The predicted octanol–water partition coefficient (Wildman–Crippen LogP) is 6.90. The van der Waals surface area contributed by atoms with Crippen molar-refractivity contribution in [2.45, 2.75) is 57.9 Å². The molecule has 0 atom stereocenters. The van der Waals surface area contributed by atoms with Crippen LogP contribution >= 0.6 is 0 Å². The fraction of sp³-hybridized carbons (Fsp3) is 0.455. The Morgan fingerprint density at radius 2 is 1.74 bits per heavy atom. The molecule has 0 aliphatic heterocycles. The molecule has 146 valence electrons. The summed E-state index contributed by atoms with van der Waals surface area (Å²) < 4.78 is 94.2. The zero-order valence-electron chi connectivity index (χ0n) is 19.0. The van der Waals surface area contributed by atoms with E-state index in [2.05, 4.69) is 0 Å². The van der Waals surface area contributed by atoms with E-state index in [4.69, 9.17) is 10.2 Å². The Bertz CT molecular complexity index is 933. The summed E-state index contributed by atoms with van der Waals surface area (Å²) in [7, 11) is 0. The van der Waals surface area contributed by atoms with Crippen molar-refractivity contribution in [3.05, 3.63) is 64.7 Å². The molecular formula is C22H24F4O. The first-order valence-corrected chi connectivity index (χ1v) is 9.00. The minimum absolute atomic E-state index is 0.0378. The van der Waals surface area contributed by atoms with Gasteiger partial charge in [-0.1, -0.05) is 25.8 Å². The molecule has 3 rings (SSSR count). The van der Waals surface area contributed by atoms with Gasteiger partial charge in [-0.2, -0.15) is 4.39 Å². The molecular weight excluding hydrogens is 356 g/mol. The largest absolute Gasteiger partial charge is 0.486 e. The van der Waals surface area contributed by atoms with Crippen LogP contribution < -0.4 is 4.74 Å². The molecule has 1 aliphatic carbocycles. The Kier molecular flexibility index (Phi) is 4.85. The van der Waals surface area contributed by atoms with Gasteiger partial charge in [-0.05, 0) is 72.8 Å². The maximum absolute atomic E-state index is 14.3. The molecule has 5 heteroatoms. The summed E-state index contributed by atoms with van der Waals surface area (Å²) in [5.74, 6) is -6.75. The summed E-state index contributed by atoms with van der Waals surface area (Å²) in [5, 5.41) is 0. The van der Waals surface area contributed by atoms with Crippen molar-refractivity contribution in [2.24, 2.45) is 5.92 Å². The van der Waals surface area contributed by atoms with Gasteiger partial charge in [0.25, 0.3) is 0 Å². The van der Waals surface area contributed by atoms with Crippen LogP contribution in [0, 0.1) is 29.2 Å².